The summed E-state index contributed by atoms with van der Waals surface area (Å²) in [4.78, 5) is 9.72. The molecule has 0 saturated carbocycles. The molecule has 3 rings (SSSR count). The summed E-state index contributed by atoms with van der Waals surface area (Å²) < 4.78 is 0. The van der Waals surface area contributed by atoms with Crippen molar-refractivity contribution >= 4 is 12.0 Å². The summed E-state index contributed by atoms with van der Waals surface area (Å²) in [7, 11) is 0. The molecule has 6 heteroatoms. The molecular weight excluding hydrogens is 218 g/mol. The second-order valence-corrected chi connectivity index (χ2v) is 3.59. The number of aliphatic imine (C=N–C) groups is 1. The molecule has 86 valence electrons. The van der Waals surface area contributed by atoms with Crippen molar-refractivity contribution in [2.75, 3.05) is 5.73 Å². The van der Waals surface area contributed by atoms with Gasteiger partial charge in [0, 0.05) is 11.9 Å². The van der Waals surface area contributed by atoms with Gasteiger partial charge in [0.2, 0.25) is 0 Å². The molecule has 0 bridgehead atoms. The lowest BCUT2D eigenvalue weighted by Gasteiger charge is -2.22. The normalized spacial score (nSPS) is 16.6. The van der Waals surface area contributed by atoms with Gasteiger partial charge in [0.05, 0.1) is 6.20 Å². The summed E-state index contributed by atoms with van der Waals surface area (Å²) in [5.41, 5.74) is 13.9. The third-order valence-corrected chi connectivity index (χ3v) is 2.39. The van der Waals surface area contributed by atoms with Crippen molar-refractivity contribution in [1.82, 2.24) is 15.9 Å². The van der Waals surface area contributed by atoms with E-state index in [1.54, 1.807) is 48.1 Å². The van der Waals surface area contributed by atoms with Crippen LogP contribution in [0.1, 0.15) is 0 Å². The van der Waals surface area contributed by atoms with E-state index in [9.17, 15) is 0 Å². The van der Waals surface area contributed by atoms with Gasteiger partial charge < -0.3 is 16.0 Å². The Morgan fingerprint density at radius 1 is 1.24 bits per heavy atom. The maximum Gasteiger partial charge on any atom is 0.156 e. The number of nitrogens with one attached hydrogen (secondary N) is 2. The van der Waals surface area contributed by atoms with Crippen LogP contribution in [0.5, 0.6) is 5.75 Å². The van der Waals surface area contributed by atoms with Crippen LogP contribution in [0.3, 0.4) is 0 Å². The van der Waals surface area contributed by atoms with Gasteiger partial charge in [0.15, 0.2) is 5.75 Å². The fourth-order valence-electron chi connectivity index (χ4n) is 1.55. The number of nitrogens with zero attached hydrogens (tertiary/aromatic N) is 2. The predicted molar refractivity (Wildman–Crippen MR) is 64.3 cm³/mol. The summed E-state index contributed by atoms with van der Waals surface area (Å²) in [6.07, 6.45) is 5.11. The molecule has 2 heterocycles. The molecule has 4 N–H and O–H groups in total. The Balaban J connectivity index is 1.80. The lowest BCUT2D eigenvalue weighted by atomic mass is 10.3. The molecule has 6 nitrogen and oxygen atoms in total. The quantitative estimate of drug-likeness (QED) is 0.651. The van der Waals surface area contributed by atoms with Crippen molar-refractivity contribution in [2.45, 2.75) is 0 Å². The van der Waals surface area contributed by atoms with Crippen molar-refractivity contribution in [3.63, 3.8) is 0 Å². The summed E-state index contributed by atoms with van der Waals surface area (Å²) in [6.45, 7) is 0. The molecule has 0 spiro atoms. The van der Waals surface area contributed by atoms with Gasteiger partial charge in [-0.3, -0.25) is 5.43 Å². The van der Waals surface area contributed by atoms with E-state index >= 15 is 0 Å². The first kappa shape index (κ1) is 9.59. The molecule has 0 radical (unpaired) electrons. The molecule has 1 aromatic rings. The molecule has 0 unspecified atom stereocenters. The maximum atomic E-state index is 5.66. The molecule has 0 saturated heterocycles. The first-order valence-electron chi connectivity index (χ1n) is 5.11. The van der Waals surface area contributed by atoms with Crippen LogP contribution in [-0.4, -0.2) is 11.4 Å². The number of hydroxylamine groups is 2. The van der Waals surface area contributed by atoms with E-state index in [2.05, 4.69) is 15.8 Å². The van der Waals surface area contributed by atoms with Crippen molar-refractivity contribution in [3.8, 4) is 5.75 Å². The Kier molecular flexibility index (Phi) is 2.11. The number of benzene rings is 1. The van der Waals surface area contributed by atoms with Gasteiger partial charge in [-0.15, -0.1) is 0 Å². The standard InChI is InChI=1S/C11H11N5O/c12-8-1-3-9(4-2-8)17-16-7-13-5-10-11(16)6-14-15-10/h1-7,14-15H,12H2. The van der Waals surface area contributed by atoms with E-state index in [1.807, 2.05) is 0 Å². The predicted octanol–water partition coefficient (Wildman–Crippen LogP) is 0.697. The highest BCUT2D eigenvalue weighted by Gasteiger charge is 2.21. The number of hydrogen-bond acceptors (Lipinski definition) is 6. The van der Waals surface area contributed by atoms with Crippen molar-refractivity contribution in [3.05, 3.63) is 48.1 Å². The number of anilines is 1. The second kappa shape index (κ2) is 3.75. The lowest BCUT2D eigenvalue weighted by Crippen LogP contribution is -2.29. The molecule has 0 aliphatic carbocycles. The SMILES string of the molecule is Nc1ccc(ON2C=NC=C3NNC=C32)cc1. The highest BCUT2D eigenvalue weighted by Crippen LogP contribution is 2.21. The maximum absolute atomic E-state index is 5.66. The molecule has 1 aromatic carbocycles. The van der Waals surface area contributed by atoms with Gasteiger partial charge in [-0.1, -0.05) is 0 Å². The number of nitrogen functional groups attached to an aromatic ring is 1. The molecule has 0 atom stereocenters. The largest absolute Gasteiger partial charge is 0.399 e. The number of fused-ring (bicyclic) bond motifs is 1. The molecular formula is C11H11N5O. The van der Waals surface area contributed by atoms with Crippen LogP contribution in [0.25, 0.3) is 0 Å². The highest BCUT2D eigenvalue weighted by atomic mass is 16.7. The van der Waals surface area contributed by atoms with Crippen molar-refractivity contribution < 1.29 is 4.84 Å². The summed E-state index contributed by atoms with van der Waals surface area (Å²) in [5.74, 6) is 0.694. The number of hydrazine groups is 1. The minimum Gasteiger partial charge on any atom is -0.399 e. The van der Waals surface area contributed by atoms with Crippen LogP contribution >= 0.6 is 0 Å². The summed E-state index contributed by atoms with van der Waals surface area (Å²) in [6, 6.07) is 7.18. The van der Waals surface area contributed by atoms with Crippen molar-refractivity contribution in [1.29, 1.82) is 0 Å². The minimum absolute atomic E-state index is 0.694. The van der Waals surface area contributed by atoms with Crippen LogP contribution in [-0.2, 0) is 0 Å². The number of nitrogens with two attached hydrogens (primary N) is 1. The monoisotopic (exact) mass is 229 g/mol. The van der Waals surface area contributed by atoms with Crippen LogP contribution in [0.2, 0.25) is 0 Å². The third-order valence-electron chi connectivity index (χ3n) is 2.39. The van der Waals surface area contributed by atoms with E-state index < -0.39 is 0 Å². The molecule has 2 aliphatic rings. The highest BCUT2D eigenvalue weighted by molar-refractivity contribution is 5.63. The Hall–Kier alpha value is -2.63. The van der Waals surface area contributed by atoms with Gasteiger partial charge in [-0.2, -0.15) is 5.06 Å². The topological polar surface area (TPSA) is 74.9 Å². The van der Waals surface area contributed by atoms with Gasteiger partial charge >= 0.3 is 0 Å². The van der Waals surface area contributed by atoms with Gasteiger partial charge in [0.25, 0.3) is 0 Å². The first-order valence-corrected chi connectivity index (χ1v) is 5.11. The zero-order valence-corrected chi connectivity index (χ0v) is 8.92. The Bertz CT molecular complexity index is 517. The van der Waals surface area contributed by atoms with Crippen LogP contribution < -0.4 is 21.4 Å². The Morgan fingerprint density at radius 2 is 2.06 bits per heavy atom. The average Bonchev–Trinajstić information content (AvgIpc) is 2.81. The molecule has 0 fully saturated rings. The molecule has 2 aliphatic heterocycles. The zero-order valence-electron chi connectivity index (χ0n) is 8.92. The summed E-state index contributed by atoms with van der Waals surface area (Å²) in [5, 5.41) is 1.58. The van der Waals surface area contributed by atoms with E-state index in [0.29, 0.717) is 11.4 Å². The van der Waals surface area contributed by atoms with Gasteiger partial charge in [-0.25, -0.2) is 4.99 Å². The zero-order chi connectivity index (χ0) is 11.7. The molecule has 0 aromatic heterocycles. The van der Waals surface area contributed by atoms with Gasteiger partial charge in [-0.05, 0) is 24.3 Å². The van der Waals surface area contributed by atoms with Crippen LogP contribution in [0.15, 0.2) is 53.1 Å². The Morgan fingerprint density at radius 3 is 2.88 bits per heavy atom. The van der Waals surface area contributed by atoms with E-state index in [4.69, 9.17) is 10.6 Å². The first-order chi connectivity index (χ1) is 8.33. The smallest absolute Gasteiger partial charge is 0.156 e. The van der Waals surface area contributed by atoms with E-state index in [0.717, 1.165) is 11.4 Å². The average molecular weight is 229 g/mol. The third kappa shape index (κ3) is 1.76. The number of rotatable bonds is 2. The van der Waals surface area contributed by atoms with Crippen molar-refractivity contribution in [2.24, 2.45) is 4.99 Å². The minimum atomic E-state index is 0.694. The van der Waals surface area contributed by atoms with E-state index in [-0.39, 0.29) is 0 Å². The van der Waals surface area contributed by atoms with Crippen LogP contribution in [0.4, 0.5) is 5.69 Å². The number of hydrogen-bond donors (Lipinski definition) is 3. The fraction of sp³-hybridized carbons (Fsp3) is 0. The van der Waals surface area contributed by atoms with E-state index in [1.165, 1.54) is 0 Å². The van der Waals surface area contributed by atoms with Gasteiger partial charge in [0.1, 0.15) is 17.7 Å². The Labute approximate surface area is 98.0 Å². The molecule has 0 amide bonds. The molecule has 17 heavy (non-hydrogen) atoms. The summed E-state index contributed by atoms with van der Waals surface area (Å²) >= 11 is 0. The fourth-order valence-corrected chi connectivity index (χ4v) is 1.55. The van der Waals surface area contributed by atoms with Crippen LogP contribution in [0, 0.1) is 0 Å². The second-order valence-electron chi connectivity index (χ2n) is 3.59. The lowest BCUT2D eigenvalue weighted by molar-refractivity contribution is 0.0646.